The van der Waals surface area contributed by atoms with E-state index in [9.17, 15) is 0 Å². The zero-order valence-electron chi connectivity index (χ0n) is 16.2. The van der Waals surface area contributed by atoms with Gasteiger partial charge in [0.15, 0.2) is 8.24 Å². The van der Waals surface area contributed by atoms with E-state index in [0.29, 0.717) is 0 Å². The van der Waals surface area contributed by atoms with Gasteiger partial charge in [-0.05, 0) is 51.5 Å². The first-order valence-electron chi connectivity index (χ1n) is 8.06. The fraction of sp³-hybridized carbons (Fsp3) is 0.647. The topological polar surface area (TPSA) is 21.6 Å². The maximum absolute atomic E-state index is 6.29. The van der Waals surface area contributed by atoms with Crippen molar-refractivity contribution >= 4 is 28.9 Å². The molecule has 1 atom stereocenters. The Hall–Kier alpha value is -0.156. The van der Waals surface area contributed by atoms with Gasteiger partial charge in [-0.3, -0.25) is 0 Å². The molecule has 1 aromatic rings. The lowest BCUT2D eigenvalue weighted by Gasteiger charge is -2.34. The second-order valence-electron chi connectivity index (χ2n) is 8.62. The van der Waals surface area contributed by atoms with E-state index in [0.717, 1.165) is 5.79 Å². The molecule has 0 aliphatic rings. The van der Waals surface area contributed by atoms with Gasteiger partial charge in [0.05, 0.1) is 8.07 Å². The molecule has 0 saturated heterocycles. The van der Waals surface area contributed by atoms with Crippen molar-refractivity contribution in [3.05, 3.63) is 28.8 Å². The molecule has 0 heterocycles. The van der Waals surface area contributed by atoms with Gasteiger partial charge in [-0.2, -0.15) is 0 Å². The van der Waals surface area contributed by atoms with Gasteiger partial charge in [-0.15, -0.1) is 0 Å². The van der Waals surface area contributed by atoms with Crippen LogP contribution in [0.2, 0.25) is 39.3 Å². The zero-order chi connectivity index (χ0) is 17.3. The standard InChI is InChI=1S/C17H34NOPSi2/c1-14-11-15(2)17(16(3)12-14)20(19-4,13-21(5,6)7)18-22(8,9)10/h11-12H,13H2,1-10H3. The Kier molecular flexibility index (Phi) is 6.11. The fourth-order valence-electron chi connectivity index (χ4n) is 3.21. The molecule has 0 saturated carbocycles. The van der Waals surface area contributed by atoms with Crippen molar-refractivity contribution in [3.8, 4) is 0 Å². The molecule has 2 nitrogen and oxygen atoms in total. The van der Waals surface area contributed by atoms with Crippen LogP contribution in [0.15, 0.2) is 16.5 Å². The number of nitrogens with zero attached hydrogens (tertiary/aromatic N) is 1. The van der Waals surface area contributed by atoms with Gasteiger partial charge in [0.25, 0.3) is 0 Å². The van der Waals surface area contributed by atoms with Crippen LogP contribution < -0.4 is 5.30 Å². The molecule has 0 spiro atoms. The molecule has 0 aliphatic heterocycles. The largest absolute Gasteiger partial charge is 0.345 e. The third-order valence-electron chi connectivity index (χ3n) is 3.44. The van der Waals surface area contributed by atoms with Crippen LogP contribution in [0.1, 0.15) is 16.7 Å². The van der Waals surface area contributed by atoms with E-state index in [1.165, 1.54) is 22.0 Å². The Morgan fingerprint density at radius 3 is 1.73 bits per heavy atom. The molecule has 0 aliphatic carbocycles. The summed E-state index contributed by atoms with van der Waals surface area (Å²) in [6.45, 7) is 20.9. The molecule has 0 amide bonds. The summed E-state index contributed by atoms with van der Waals surface area (Å²) in [5.74, 6) is 1.14. The SMILES string of the molecule is COP(C[Si](C)(C)C)(=N[Si](C)(C)C)c1c(C)cc(C)cc1C. The minimum absolute atomic E-state index is 1.14. The average Bonchev–Trinajstić information content (AvgIpc) is 2.22. The second-order valence-corrected chi connectivity index (χ2v) is 22.4. The van der Waals surface area contributed by atoms with Crippen LogP contribution in [0.3, 0.4) is 0 Å². The van der Waals surface area contributed by atoms with E-state index < -0.39 is 23.6 Å². The molecule has 22 heavy (non-hydrogen) atoms. The minimum atomic E-state index is -1.92. The molecule has 0 bridgehead atoms. The summed E-state index contributed by atoms with van der Waals surface area (Å²) in [6, 6.07) is 4.58. The highest BCUT2D eigenvalue weighted by atomic mass is 31.2. The number of hydrogen-bond acceptors (Lipinski definition) is 2. The summed E-state index contributed by atoms with van der Waals surface area (Å²) < 4.78 is 11.7. The van der Waals surface area contributed by atoms with E-state index in [-0.39, 0.29) is 0 Å². The van der Waals surface area contributed by atoms with Gasteiger partial charge in [-0.25, -0.2) is 0 Å². The van der Waals surface area contributed by atoms with Gasteiger partial charge < -0.3 is 8.93 Å². The average molecular weight is 356 g/mol. The summed E-state index contributed by atoms with van der Waals surface area (Å²) in [7, 11) is -2.92. The normalized spacial score (nSPS) is 15.5. The van der Waals surface area contributed by atoms with Crippen LogP contribution >= 0.6 is 7.28 Å². The summed E-state index contributed by atoms with van der Waals surface area (Å²) in [6.07, 6.45) is 0. The van der Waals surface area contributed by atoms with Crippen LogP contribution in [0, 0.1) is 20.8 Å². The van der Waals surface area contributed by atoms with Gasteiger partial charge in [0.2, 0.25) is 0 Å². The quantitative estimate of drug-likeness (QED) is 0.489. The highest BCUT2D eigenvalue weighted by Crippen LogP contribution is 2.53. The number of benzene rings is 1. The van der Waals surface area contributed by atoms with Gasteiger partial charge in [0.1, 0.15) is 7.28 Å². The smallest absolute Gasteiger partial charge is 0.173 e. The summed E-state index contributed by atoms with van der Waals surface area (Å²) >= 11 is 0. The van der Waals surface area contributed by atoms with Crippen molar-refractivity contribution in [2.45, 2.75) is 60.1 Å². The van der Waals surface area contributed by atoms with Crippen LogP contribution in [-0.4, -0.2) is 29.2 Å². The first-order chi connectivity index (χ1) is 9.80. The number of hydrogen-bond donors (Lipinski definition) is 0. The van der Waals surface area contributed by atoms with Crippen LogP contribution in [0.4, 0.5) is 0 Å². The van der Waals surface area contributed by atoms with E-state index in [1.807, 2.05) is 7.11 Å². The second kappa shape index (κ2) is 6.76. The van der Waals surface area contributed by atoms with E-state index in [2.05, 4.69) is 72.2 Å². The Morgan fingerprint density at radius 1 is 0.955 bits per heavy atom. The van der Waals surface area contributed by atoms with Crippen LogP contribution in [0.5, 0.6) is 0 Å². The first-order valence-corrected chi connectivity index (χ1v) is 17.1. The van der Waals surface area contributed by atoms with E-state index in [1.54, 1.807) is 0 Å². The molecule has 1 aromatic carbocycles. The summed E-state index contributed by atoms with van der Waals surface area (Å²) in [5, 5.41) is 1.41. The summed E-state index contributed by atoms with van der Waals surface area (Å²) in [4.78, 5) is 0. The molecular formula is C17H34NOPSi2. The number of aryl methyl sites for hydroxylation is 3. The molecule has 5 heteroatoms. The van der Waals surface area contributed by atoms with Crippen LogP contribution in [-0.2, 0) is 4.52 Å². The Bertz CT molecular complexity index is 575. The molecule has 0 fully saturated rings. The Labute approximate surface area is 139 Å². The third kappa shape index (κ3) is 5.19. The maximum atomic E-state index is 6.29. The highest BCUT2D eigenvalue weighted by molar-refractivity contribution is 7.72. The minimum Gasteiger partial charge on any atom is -0.345 e. The predicted octanol–water partition coefficient (Wildman–Crippen LogP) is 5.71. The lowest BCUT2D eigenvalue weighted by molar-refractivity contribution is 0.462. The molecule has 126 valence electrons. The van der Waals surface area contributed by atoms with Crippen molar-refractivity contribution in [2.24, 2.45) is 4.41 Å². The number of rotatable bonds is 5. The van der Waals surface area contributed by atoms with Crippen molar-refractivity contribution in [1.29, 1.82) is 0 Å². The van der Waals surface area contributed by atoms with Gasteiger partial charge in [-0.1, -0.05) is 37.3 Å². The van der Waals surface area contributed by atoms with Crippen molar-refractivity contribution in [1.82, 2.24) is 0 Å². The Balaban J connectivity index is 3.76. The van der Waals surface area contributed by atoms with Gasteiger partial charge >= 0.3 is 0 Å². The molecule has 0 radical (unpaired) electrons. The fourth-order valence-corrected chi connectivity index (χ4v) is 16.4. The summed E-state index contributed by atoms with van der Waals surface area (Å²) in [5.41, 5.74) is 4.04. The lowest BCUT2D eigenvalue weighted by Crippen LogP contribution is -2.33. The molecule has 1 rings (SSSR count). The zero-order valence-corrected chi connectivity index (χ0v) is 19.1. The van der Waals surface area contributed by atoms with Crippen LogP contribution in [0.25, 0.3) is 0 Å². The maximum Gasteiger partial charge on any atom is 0.173 e. The predicted molar refractivity (Wildman–Crippen MR) is 108 cm³/mol. The third-order valence-corrected chi connectivity index (χ3v) is 14.6. The Morgan fingerprint density at radius 2 is 1.41 bits per heavy atom. The highest BCUT2D eigenvalue weighted by Gasteiger charge is 2.34. The van der Waals surface area contributed by atoms with Crippen molar-refractivity contribution in [3.63, 3.8) is 0 Å². The first kappa shape index (κ1) is 19.9. The lowest BCUT2D eigenvalue weighted by atomic mass is 10.1. The van der Waals surface area contributed by atoms with E-state index in [4.69, 9.17) is 8.93 Å². The molecular weight excluding hydrogens is 321 g/mol. The monoisotopic (exact) mass is 355 g/mol. The molecule has 0 N–H and O–H groups in total. The molecule has 1 unspecified atom stereocenters. The molecule has 0 aromatic heterocycles. The van der Waals surface area contributed by atoms with Gasteiger partial charge in [0, 0.05) is 18.2 Å². The van der Waals surface area contributed by atoms with E-state index >= 15 is 0 Å². The van der Waals surface area contributed by atoms with Crippen molar-refractivity contribution in [2.75, 3.05) is 12.9 Å². The van der Waals surface area contributed by atoms with Crippen molar-refractivity contribution < 1.29 is 4.52 Å².